The first-order chi connectivity index (χ1) is 7.33. The second-order valence-corrected chi connectivity index (χ2v) is 4.88. The smallest absolute Gasteiger partial charge is 0.168 e. The summed E-state index contributed by atoms with van der Waals surface area (Å²) in [6.07, 6.45) is 6.90. The zero-order chi connectivity index (χ0) is 10.3. The third kappa shape index (κ3) is 1.64. The molecule has 0 aromatic carbocycles. The molecular weight excluding hydrogens is 188 g/mol. The Bertz CT molecular complexity index is 340. The van der Waals surface area contributed by atoms with Crippen LogP contribution < -0.4 is 4.90 Å². The number of likely N-dealkylation sites (tertiary alicyclic amines) is 1. The van der Waals surface area contributed by atoms with E-state index in [2.05, 4.69) is 21.9 Å². The Morgan fingerprint density at radius 3 is 2.93 bits per heavy atom. The van der Waals surface area contributed by atoms with Gasteiger partial charge in [-0.05, 0) is 7.05 Å². The summed E-state index contributed by atoms with van der Waals surface area (Å²) >= 11 is 0. The van der Waals surface area contributed by atoms with Gasteiger partial charge in [0, 0.05) is 18.9 Å². The molecule has 2 aliphatic heterocycles. The molecule has 0 aliphatic carbocycles. The van der Waals surface area contributed by atoms with Crippen LogP contribution in [0.25, 0.3) is 0 Å². The molecule has 1 aromatic rings. The number of nitrogens with zero attached hydrogens (tertiary/aromatic N) is 3. The van der Waals surface area contributed by atoms with Gasteiger partial charge in [0.1, 0.15) is 12.4 Å². The fourth-order valence-electron chi connectivity index (χ4n) is 3.14. The Balaban J connectivity index is 1.84. The van der Waals surface area contributed by atoms with Gasteiger partial charge in [0.05, 0.1) is 25.5 Å². The van der Waals surface area contributed by atoms with Crippen molar-refractivity contribution in [3.63, 3.8) is 0 Å². The maximum atomic E-state index is 4.12. The largest absolute Gasteiger partial charge is 0.300 e. The molecule has 3 heterocycles. The third-order valence-corrected chi connectivity index (χ3v) is 3.65. The van der Waals surface area contributed by atoms with Gasteiger partial charge in [-0.2, -0.15) is 0 Å². The lowest BCUT2D eigenvalue weighted by molar-refractivity contribution is -0.845. The number of quaternary nitrogens is 1. The fourth-order valence-corrected chi connectivity index (χ4v) is 3.14. The maximum absolute atomic E-state index is 4.12. The molecule has 1 aromatic heterocycles. The van der Waals surface area contributed by atoms with E-state index in [1.807, 2.05) is 12.4 Å². The van der Waals surface area contributed by atoms with Crippen LogP contribution in [0.1, 0.15) is 6.42 Å². The fraction of sp³-hybridized carbons (Fsp3) is 0.636. The maximum Gasteiger partial charge on any atom is 0.168 e. The average molecular weight is 205 g/mol. The van der Waals surface area contributed by atoms with E-state index in [9.17, 15) is 0 Å². The van der Waals surface area contributed by atoms with Gasteiger partial charge < -0.3 is 4.90 Å². The van der Waals surface area contributed by atoms with Crippen LogP contribution in [-0.4, -0.2) is 47.6 Å². The molecule has 3 unspecified atom stereocenters. The van der Waals surface area contributed by atoms with E-state index in [1.54, 1.807) is 11.2 Å². The lowest BCUT2D eigenvalue weighted by Gasteiger charge is -2.26. The quantitative estimate of drug-likeness (QED) is 0.660. The van der Waals surface area contributed by atoms with Gasteiger partial charge in [-0.3, -0.25) is 4.90 Å². The van der Waals surface area contributed by atoms with Gasteiger partial charge in [-0.1, -0.05) is 0 Å². The number of fused-ring (bicyclic) bond motifs is 2. The summed E-state index contributed by atoms with van der Waals surface area (Å²) in [4.78, 5) is 12.3. The van der Waals surface area contributed by atoms with E-state index < -0.39 is 0 Å². The van der Waals surface area contributed by atoms with Gasteiger partial charge in [0.25, 0.3) is 0 Å². The lowest BCUT2D eigenvalue weighted by Crippen LogP contribution is -3.09. The van der Waals surface area contributed by atoms with E-state index in [-0.39, 0.29) is 0 Å². The summed E-state index contributed by atoms with van der Waals surface area (Å²) in [7, 11) is 2.23. The first kappa shape index (κ1) is 9.24. The predicted molar refractivity (Wildman–Crippen MR) is 56.9 cm³/mol. The van der Waals surface area contributed by atoms with E-state index in [1.165, 1.54) is 31.7 Å². The topological polar surface area (TPSA) is 33.5 Å². The number of aromatic nitrogens is 2. The van der Waals surface area contributed by atoms with Crippen molar-refractivity contribution in [1.29, 1.82) is 0 Å². The van der Waals surface area contributed by atoms with Gasteiger partial charge in [-0.25, -0.2) is 9.97 Å². The zero-order valence-corrected chi connectivity index (χ0v) is 9.06. The molecule has 0 amide bonds. The van der Waals surface area contributed by atoms with Crippen LogP contribution in [0.3, 0.4) is 0 Å². The van der Waals surface area contributed by atoms with Crippen LogP contribution in [-0.2, 0) is 0 Å². The van der Waals surface area contributed by atoms with Crippen molar-refractivity contribution in [2.75, 3.05) is 26.7 Å². The molecule has 3 rings (SSSR count). The highest BCUT2D eigenvalue weighted by Crippen LogP contribution is 2.19. The second kappa shape index (κ2) is 3.54. The molecule has 2 bridgehead atoms. The van der Waals surface area contributed by atoms with E-state index >= 15 is 0 Å². The molecule has 0 radical (unpaired) electrons. The first-order valence-electron chi connectivity index (χ1n) is 5.62. The molecule has 0 spiro atoms. The molecule has 4 nitrogen and oxygen atoms in total. The Morgan fingerprint density at radius 2 is 2.13 bits per heavy atom. The highest BCUT2D eigenvalue weighted by molar-refractivity contribution is 5.20. The van der Waals surface area contributed by atoms with Gasteiger partial charge in [0.2, 0.25) is 0 Å². The van der Waals surface area contributed by atoms with Crippen LogP contribution in [0, 0.1) is 5.92 Å². The van der Waals surface area contributed by atoms with Crippen molar-refractivity contribution in [3.05, 3.63) is 18.7 Å². The minimum Gasteiger partial charge on any atom is -0.300 e. The molecule has 2 saturated heterocycles. The summed E-state index contributed by atoms with van der Waals surface area (Å²) in [5.74, 6) is 0.865. The molecule has 2 fully saturated rings. The second-order valence-electron chi connectivity index (χ2n) is 4.88. The van der Waals surface area contributed by atoms with Gasteiger partial charge >= 0.3 is 0 Å². The zero-order valence-electron chi connectivity index (χ0n) is 9.06. The first-order valence-corrected chi connectivity index (χ1v) is 5.62. The number of piperidine rings is 1. The summed E-state index contributed by atoms with van der Waals surface area (Å²) in [6.45, 7) is 3.72. The minimum absolute atomic E-state index is 0.750. The van der Waals surface area contributed by atoms with Crippen LogP contribution in [0.4, 0.5) is 5.69 Å². The van der Waals surface area contributed by atoms with Crippen molar-refractivity contribution >= 4 is 5.69 Å². The molecule has 2 aliphatic rings. The van der Waals surface area contributed by atoms with Crippen molar-refractivity contribution in [2.45, 2.75) is 12.5 Å². The number of rotatable bonds is 1. The summed E-state index contributed by atoms with van der Waals surface area (Å²) in [6, 6.07) is 0.750. The third-order valence-electron chi connectivity index (χ3n) is 3.65. The highest BCUT2D eigenvalue weighted by atomic mass is 15.3. The monoisotopic (exact) mass is 205 g/mol. The molecule has 3 atom stereocenters. The van der Waals surface area contributed by atoms with Crippen LogP contribution in [0.5, 0.6) is 0 Å². The molecule has 0 saturated carbocycles. The number of hydrogen-bond donors (Lipinski definition) is 1. The van der Waals surface area contributed by atoms with E-state index in [4.69, 9.17) is 0 Å². The Morgan fingerprint density at radius 1 is 1.33 bits per heavy atom. The Hall–Kier alpha value is -1.00. The van der Waals surface area contributed by atoms with Crippen molar-refractivity contribution < 1.29 is 4.90 Å². The minimum atomic E-state index is 0.750. The SMILES string of the molecule is CN1CC2CC(C1)[NH+](c1cncnc1)C2. The van der Waals surface area contributed by atoms with Crippen LogP contribution in [0.15, 0.2) is 18.7 Å². The van der Waals surface area contributed by atoms with E-state index in [0.29, 0.717) is 0 Å². The average Bonchev–Trinajstić information content (AvgIpc) is 2.55. The molecule has 80 valence electrons. The van der Waals surface area contributed by atoms with Crippen LogP contribution >= 0.6 is 0 Å². The normalized spacial score (nSPS) is 35.7. The molecule has 4 heteroatoms. The summed E-state index contributed by atoms with van der Waals surface area (Å²) < 4.78 is 0. The molecular formula is C11H17N4+. The van der Waals surface area contributed by atoms with E-state index in [0.717, 1.165) is 12.0 Å². The number of hydrogen-bond acceptors (Lipinski definition) is 3. The molecule has 1 N–H and O–H groups in total. The molecule has 15 heavy (non-hydrogen) atoms. The summed E-state index contributed by atoms with van der Waals surface area (Å²) in [5.41, 5.74) is 1.26. The van der Waals surface area contributed by atoms with Crippen molar-refractivity contribution in [2.24, 2.45) is 5.92 Å². The van der Waals surface area contributed by atoms with Crippen molar-refractivity contribution in [3.8, 4) is 0 Å². The Kier molecular flexibility index (Phi) is 2.18. The van der Waals surface area contributed by atoms with Gasteiger partial charge in [0.15, 0.2) is 5.69 Å². The van der Waals surface area contributed by atoms with Crippen LogP contribution in [0.2, 0.25) is 0 Å². The lowest BCUT2D eigenvalue weighted by atomic mass is 10.0. The number of nitrogens with one attached hydrogen (secondary N) is 1. The number of likely N-dealkylation sites (N-methyl/N-ethyl adjacent to an activating group) is 1. The Labute approximate surface area is 89.9 Å². The summed E-state index contributed by atoms with van der Waals surface area (Å²) in [5, 5.41) is 0. The van der Waals surface area contributed by atoms with Crippen molar-refractivity contribution in [1.82, 2.24) is 14.9 Å². The predicted octanol–water partition coefficient (Wildman–Crippen LogP) is -0.673. The van der Waals surface area contributed by atoms with Gasteiger partial charge in [-0.15, -0.1) is 0 Å². The standard InChI is InChI=1S/C11H16N4/c1-14-5-9-2-10(7-14)15(6-9)11-3-12-8-13-4-11/h3-4,8-10H,2,5-7H2,1H3/p+1. The highest BCUT2D eigenvalue weighted by Gasteiger charge is 2.42.